The van der Waals surface area contributed by atoms with Gasteiger partial charge in [-0.2, -0.15) is 0 Å². The lowest BCUT2D eigenvalue weighted by molar-refractivity contribution is -0.141. The van der Waals surface area contributed by atoms with E-state index in [1.165, 1.54) is 0 Å². The molecule has 2 aliphatic heterocycles. The molecule has 3 unspecified atom stereocenters. The van der Waals surface area contributed by atoms with Crippen molar-refractivity contribution < 1.29 is 14.7 Å². The van der Waals surface area contributed by atoms with E-state index in [4.69, 9.17) is 5.11 Å². The SMILES string of the molecule is O=C(O)C1CCN(C(=O)C2CNNC2c2ccccc2)C1. The lowest BCUT2D eigenvalue weighted by atomic mass is 9.94. The highest BCUT2D eigenvalue weighted by Crippen LogP contribution is 2.28. The van der Waals surface area contributed by atoms with Crippen LogP contribution in [0.1, 0.15) is 18.0 Å². The molecule has 2 saturated heterocycles. The number of amides is 1. The summed E-state index contributed by atoms with van der Waals surface area (Å²) in [7, 11) is 0. The van der Waals surface area contributed by atoms with Gasteiger partial charge in [0.25, 0.3) is 0 Å². The molecule has 0 spiro atoms. The van der Waals surface area contributed by atoms with Gasteiger partial charge in [-0.05, 0) is 12.0 Å². The average Bonchev–Trinajstić information content (AvgIpc) is 3.17. The van der Waals surface area contributed by atoms with Crippen LogP contribution in [-0.2, 0) is 9.59 Å². The fourth-order valence-electron chi connectivity index (χ4n) is 3.10. The first-order valence-corrected chi connectivity index (χ1v) is 7.21. The topological polar surface area (TPSA) is 81.7 Å². The van der Waals surface area contributed by atoms with Crippen LogP contribution in [0.25, 0.3) is 0 Å². The number of aliphatic carboxylic acids is 1. The zero-order chi connectivity index (χ0) is 14.8. The van der Waals surface area contributed by atoms with Crippen molar-refractivity contribution in [3.63, 3.8) is 0 Å². The third-order valence-electron chi connectivity index (χ3n) is 4.31. The van der Waals surface area contributed by atoms with Crippen LogP contribution in [-0.4, -0.2) is 41.5 Å². The number of hydrogen-bond donors (Lipinski definition) is 3. The van der Waals surface area contributed by atoms with Crippen molar-refractivity contribution in [1.82, 2.24) is 15.8 Å². The maximum absolute atomic E-state index is 12.7. The lowest BCUT2D eigenvalue weighted by Gasteiger charge is -2.24. The maximum atomic E-state index is 12.7. The van der Waals surface area contributed by atoms with E-state index in [2.05, 4.69) is 10.9 Å². The molecule has 2 aliphatic rings. The molecule has 0 radical (unpaired) electrons. The van der Waals surface area contributed by atoms with Crippen molar-refractivity contribution in [3.8, 4) is 0 Å². The summed E-state index contributed by atoms with van der Waals surface area (Å²) in [6.45, 7) is 1.42. The van der Waals surface area contributed by atoms with Gasteiger partial charge in [-0.15, -0.1) is 0 Å². The first-order valence-electron chi connectivity index (χ1n) is 7.21. The highest BCUT2D eigenvalue weighted by atomic mass is 16.4. The predicted octanol–water partition coefficient (Wildman–Crippen LogP) is 0.385. The molecule has 0 saturated carbocycles. The van der Waals surface area contributed by atoms with E-state index in [0.717, 1.165) is 5.56 Å². The molecule has 2 heterocycles. The van der Waals surface area contributed by atoms with Crippen LogP contribution in [0.2, 0.25) is 0 Å². The number of carbonyl (C=O) groups is 2. The summed E-state index contributed by atoms with van der Waals surface area (Å²) in [5.74, 6) is -1.40. The van der Waals surface area contributed by atoms with E-state index >= 15 is 0 Å². The number of likely N-dealkylation sites (tertiary alicyclic amines) is 1. The Labute approximate surface area is 123 Å². The molecular formula is C15H19N3O3. The third-order valence-corrected chi connectivity index (χ3v) is 4.31. The molecular weight excluding hydrogens is 270 g/mol. The second-order valence-corrected chi connectivity index (χ2v) is 5.63. The Morgan fingerprint density at radius 1 is 1.24 bits per heavy atom. The normalized spacial score (nSPS) is 28.8. The minimum Gasteiger partial charge on any atom is -0.481 e. The minimum absolute atomic E-state index is 0.0325. The summed E-state index contributed by atoms with van der Waals surface area (Å²) >= 11 is 0. The molecule has 3 rings (SSSR count). The molecule has 0 bridgehead atoms. The highest BCUT2D eigenvalue weighted by Gasteiger charge is 2.39. The summed E-state index contributed by atoms with van der Waals surface area (Å²) in [6.07, 6.45) is 0.546. The van der Waals surface area contributed by atoms with Crippen molar-refractivity contribution in [2.24, 2.45) is 11.8 Å². The Bertz CT molecular complexity index is 534. The number of nitrogens with zero attached hydrogens (tertiary/aromatic N) is 1. The van der Waals surface area contributed by atoms with Crippen LogP contribution in [0.3, 0.4) is 0 Å². The van der Waals surface area contributed by atoms with Crippen LogP contribution in [0.15, 0.2) is 30.3 Å². The number of carbonyl (C=O) groups excluding carboxylic acids is 1. The summed E-state index contributed by atoms with van der Waals surface area (Å²) in [5.41, 5.74) is 7.26. The van der Waals surface area contributed by atoms with Gasteiger partial charge >= 0.3 is 5.97 Å². The first kappa shape index (κ1) is 14.0. The van der Waals surface area contributed by atoms with Crippen LogP contribution < -0.4 is 10.9 Å². The van der Waals surface area contributed by atoms with Gasteiger partial charge in [0.2, 0.25) is 5.91 Å². The van der Waals surface area contributed by atoms with E-state index in [1.807, 2.05) is 30.3 Å². The summed E-state index contributed by atoms with van der Waals surface area (Å²) in [4.78, 5) is 25.4. The lowest BCUT2D eigenvalue weighted by Crippen LogP contribution is -2.38. The van der Waals surface area contributed by atoms with E-state index in [9.17, 15) is 9.59 Å². The molecule has 6 heteroatoms. The summed E-state index contributed by atoms with van der Waals surface area (Å²) in [6, 6.07) is 9.77. The summed E-state index contributed by atoms with van der Waals surface area (Å²) in [5, 5.41) is 9.05. The molecule has 2 fully saturated rings. The van der Waals surface area contributed by atoms with Crippen LogP contribution in [0, 0.1) is 11.8 Å². The van der Waals surface area contributed by atoms with Crippen LogP contribution >= 0.6 is 0 Å². The van der Waals surface area contributed by atoms with Crippen molar-refractivity contribution >= 4 is 11.9 Å². The Morgan fingerprint density at radius 2 is 2.00 bits per heavy atom. The molecule has 21 heavy (non-hydrogen) atoms. The van der Waals surface area contributed by atoms with Gasteiger partial charge in [-0.25, -0.2) is 5.43 Å². The van der Waals surface area contributed by atoms with E-state index in [0.29, 0.717) is 26.1 Å². The van der Waals surface area contributed by atoms with Gasteiger partial charge in [0.05, 0.1) is 17.9 Å². The van der Waals surface area contributed by atoms with Crippen molar-refractivity contribution in [1.29, 1.82) is 0 Å². The zero-order valence-electron chi connectivity index (χ0n) is 11.7. The molecule has 6 nitrogen and oxygen atoms in total. The number of hydrogen-bond acceptors (Lipinski definition) is 4. The second-order valence-electron chi connectivity index (χ2n) is 5.63. The van der Waals surface area contributed by atoms with Gasteiger partial charge in [0.15, 0.2) is 0 Å². The monoisotopic (exact) mass is 289 g/mol. The zero-order valence-corrected chi connectivity index (χ0v) is 11.7. The molecule has 0 aliphatic carbocycles. The maximum Gasteiger partial charge on any atom is 0.308 e. The minimum atomic E-state index is -0.812. The van der Waals surface area contributed by atoms with Gasteiger partial charge in [-0.3, -0.25) is 15.0 Å². The molecule has 1 amide bonds. The van der Waals surface area contributed by atoms with Gasteiger partial charge in [0.1, 0.15) is 0 Å². The Balaban J connectivity index is 1.71. The van der Waals surface area contributed by atoms with E-state index in [-0.39, 0.29) is 17.9 Å². The Morgan fingerprint density at radius 3 is 2.67 bits per heavy atom. The Kier molecular flexibility index (Phi) is 3.90. The molecule has 3 N–H and O–H groups in total. The van der Waals surface area contributed by atoms with Crippen molar-refractivity contribution in [2.45, 2.75) is 12.5 Å². The van der Waals surface area contributed by atoms with E-state index < -0.39 is 11.9 Å². The van der Waals surface area contributed by atoms with Gasteiger partial charge in [-0.1, -0.05) is 30.3 Å². The smallest absolute Gasteiger partial charge is 0.308 e. The van der Waals surface area contributed by atoms with Crippen LogP contribution in [0.5, 0.6) is 0 Å². The fraction of sp³-hybridized carbons (Fsp3) is 0.467. The second kappa shape index (κ2) is 5.83. The first-order chi connectivity index (χ1) is 10.2. The molecule has 1 aromatic rings. The molecule has 0 aromatic heterocycles. The van der Waals surface area contributed by atoms with Gasteiger partial charge in [0, 0.05) is 19.6 Å². The number of carboxylic acids is 1. The Hall–Kier alpha value is -1.92. The highest BCUT2D eigenvalue weighted by molar-refractivity contribution is 5.82. The van der Waals surface area contributed by atoms with E-state index in [1.54, 1.807) is 4.90 Å². The molecule has 3 atom stereocenters. The number of hydrazine groups is 1. The summed E-state index contributed by atoms with van der Waals surface area (Å²) < 4.78 is 0. The number of rotatable bonds is 3. The number of benzene rings is 1. The van der Waals surface area contributed by atoms with Crippen LogP contribution in [0.4, 0.5) is 0 Å². The standard InChI is InChI=1S/C15H19N3O3/c19-14(18-7-6-11(9-18)15(20)21)12-8-16-17-13(12)10-4-2-1-3-5-10/h1-5,11-13,16-17H,6-9H2,(H,20,21). The predicted molar refractivity (Wildman–Crippen MR) is 76.1 cm³/mol. The quantitative estimate of drug-likeness (QED) is 0.750. The largest absolute Gasteiger partial charge is 0.481 e. The number of nitrogens with one attached hydrogen (secondary N) is 2. The van der Waals surface area contributed by atoms with Crippen molar-refractivity contribution in [2.75, 3.05) is 19.6 Å². The fourth-order valence-corrected chi connectivity index (χ4v) is 3.10. The molecule has 112 valence electrons. The molecule has 1 aromatic carbocycles. The third kappa shape index (κ3) is 2.77. The van der Waals surface area contributed by atoms with Crippen molar-refractivity contribution in [3.05, 3.63) is 35.9 Å². The number of carboxylic acid groups (broad SMARTS) is 1. The van der Waals surface area contributed by atoms with Gasteiger partial charge < -0.3 is 10.0 Å². The average molecular weight is 289 g/mol.